The van der Waals surface area contributed by atoms with E-state index >= 15 is 0 Å². The predicted octanol–water partition coefficient (Wildman–Crippen LogP) is 19.0. The van der Waals surface area contributed by atoms with E-state index in [1.165, 1.54) is 135 Å². The van der Waals surface area contributed by atoms with Crippen LogP contribution in [0.2, 0.25) is 0 Å². The van der Waals surface area contributed by atoms with Crippen LogP contribution >= 0.6 is 7.82 Å². The Kier molecular flexibility index (Phi) is 57.2. The van der Waals surface area contributed by atoms with Gasteiger partial charge >= 0.3 is 25.7 Å². The molecule has 0 rings (SSSR count). The van der Waals surface area contributed by atoms with Gasteiger partial charge in [-0.25, -0.2) is 4.57 Å². The van der Waals surface area contributed by atoms with Crippen molar-refractivity contribution in [2.75, 3.05) is 26.4 Å². The Bertz CT molecular complexity index is 1630. The Morgan fingerprint density at radius 1 is 0.372 bits per heavy atom. The van der Waals surface area contributed by atoms with Crippen LogP contribution in [0.4, 0.5) is 0 Å². The van der Waals surface area contributed by atoms with Gasteiger partial charge in [-0.15, -0.1) is 0 Å². The number of aliphatic hydroxyl groups excluding tert-OH is 1. The zero-order valence-corrected chi connectivity index (χ0v) is 50.8. The highest BCUT2D eigenvalue weighted by atomic mass is 31.2. The molecule has 0 spiro atoms. The van der Waals surface area contributed by atoms with Gasteiger partial charge in [-0.2, -0.15) is 0 Å². The van der Waals surface area contributed by atoms with Crippen LogP contribution in [0.1, 0.15) is 278 Å². The molecule has 2 N–H and O–H groups in total. The summed E-state index contributed by atoms with van der Waals surface area (Å²) in [7, 11) is -4.77. The Balaban J connectivity index is 4.81. The van der Waals surface area contributed by atoms with Gasteiger partial charge in [-0.1, -0.05) is 260 Å². The number of allylic oxidation sites excluding steroid dienone is 14. The van der Waals surface area contributed by atoms with Gasteiger partial charge in [0.15, 0.2) is 6.10 Å². The molecule has 78 heavy (non-hydrogen) atoms. The first-order valence-corrected chi connectivity index (χ1v) is 33.0. The zero-order chi connectivity index (χ0) is 56.9. The van der Waals surface area contributed by atoms with E-state index in [4.69, 9.17) is 23.3 Å². The smallest absolute Gasteiger partial charge is 0.462 e. The quantitative estimate of drug-likeness (QED) is 0.0197. The molecule has 0 saturated heterocycles. The van der Waals surface area contributed by atoms with Crippen LogP contribution in [-0.4, -0.2) is 66.5 Å². The van der Waals surface area contributed by atoms with Gasteiger partial charge in [0.05, 0.1) is 19.8 Å². The molecule has 0 aliphatic rings. The minimum absolute atomic E-state index is 0.0405. The van der Waals surface area contributed by atoms with Crippen LogP contribution in [0.25, 0.3) is 0 Å². The maximum Gasteiger partial charge on any atom is 0.472 e. The van der Waals surface area contributed by atoms with Crippen molar-refractivity contribution in [3.8, 4) is 0 Å². The zero-order valence-electron chi connectivity index (χ0n) is 49.9. The highest BCUT2D eigenvalue weighted by Crippen LogP contribution is 2.43. The first-order valence-electron chi connectivity index (χ1n) is 31.5. The van der Waals surface area contributed by atoms with E-state index in [1.54, 1.807) is 0 Å². The molecule has 0 radical (unpaired) electrons. The molecule has 450 valence electrons. The van der Waals surface area contributed by atoms with Crippen molar-refractivity contribution in [3.05, 3.63) is 85.1 Å². The van der Waals surface area contributed by atoms with E-state index < -0.39 is 57.8 Å². The molecule has 0 aromatic heterocycles. The first-order chi connectivity index (χ1) is 38.2. The second-order valence-corrected chi connectivity index (χ2v) is 22.3. The summed E-state index contributed by atoms with van der Waals surface area (Å²) in [5, 5.41) is 9.84. The largest absolute Gasteiger partial charge is 0.472 e. The lowest BCUT2D eigenvalue weighted by atomic mass is 10.0. The molecule has 0 saturated carbocycles. The number of ether oxygens (including phenoxy) is 3. The number of aliphatic hydroxyl groups is 1. The van der Waals surface area contributed by atoms with Gasteiger partial charge in [0.1, 0.15) is 12.7 Å². The number of hydrogen-bond donors (Lipinski definition) is 2. The van der Waals surface area contributed by atoms with Crippen LogP contribution in [0.15, 0.2) is 85.1 Å². The molecule has 11 nitrogen and oxygen atoms in total. The lowest BCUT2D eigenvalue weighted by Gasteiger charge is -2.21. The summed E-state index contributed by atoms with van der Waals surface area (Å²) in [6, 6.07) is 0. The van der Waals surface area contributed by atoms with Gasteiger partial charge in [0.2, 0.25) is 0 Å². The number of unbranched alkanes of at least 4 members (excludes halogenated alkanes) is 27. The molecule has 12 heteroatoms. The SMILES string of the molecule is CC/C=C\C/C=C\C/C=C\C/C=C\C/C=C\C/C=C\CCC(=O)OC(COC(=O)CCCCCCCCC/C=C\CCCCCCCC)COP(=O)(O)OCC(CO)OC(=O)CCCCCCCCCCCCCCCCC. The van der Waals surface area contributed by atoms with Crippen LogP contribution in [-0.2, 0) is 42.2 Å². The Hall–Kier alpha value is -3.34. The van der Waals surface area contributed by atoms with Crippen molar-refractivity contribution in [1.82, 2.24) is 0 Å². The highest BCUT2D eigenvalue weighted by Gasteiger charge is 2.28. The van der Waals surface area contributed by atoms with Crippen LogP contribution < -0.4 is 0 Å². The minimum Gasteiger partial charge on any atom is -0.462 e. The minimum atomic E-state index is -4.77. The Morgan fingerprint density at radius 3 is 1.10 bits per heavy atom. The second kappa shape index (κ2) is 59.8. The molecular weight excluding hydrogens is 1000 g/mol. The summed E-state index contributed by atoms with van der Waals surface area (Å²) < 4.78 is 39.6. The molecule has 0 bridgehead atoms. The predicted molar refractivity (Wildman–Crippen MR) is 325 cm³/mol. The number of carbonyl (C=O) groups excluding carboxylic acids is 3. The third kappa shape index (κ3) is 57.3. The lowest BCUT2D eigenvalue weighted by Crippen LogP contribution is -2.30. The summed E-state index contributed by atoms with van der Waals surface area (Å²) in [6.07, 6.45) is 69.8. The molecule has 3 unspecified atom stereocenters. The topological polar surface area (TPSA) is 155 Å². The maximum atomic E-state index is 12.9. The summed E-state index contributed by atoms with van der Waals surface area (Å²) in [5.74, 6) is -1.56. The van der Waals surface area contributed by atoms with Crippen LogP contribution in [0.5, 0.6) is 0 Å². The fraction of sp³-hybridized carbons (Fsp3) is 0.742. The van der Waals surface area contributed by atoms with Gasteiger partial charge < -0.3 is 24.2 Å². The molecule has 3 atom stereocenters. The monoisotopic (exact) mass is 1110 g/mol. The van der Waals surface area contributed by atoms with Crippen molar-refractivity contribution in [3.63, 3.8) is 0 Å². The lowest BCUT2D eigenvalue weighted by molar-refractivity contribution is -0.161. The number of phosphoric ester groups is 1. The molecule has 0 heterocycles. The summed E-state index contributed by atoms with van der Waals surface area (Å²) in [5.41, 5.74) is 0. The number of carbonyl (C=O) groups is 3. The van der Waals surface area contributed by atoms with E-state index in [9.17, 15) is 28.9 Å². The third-order valence-corrected chi connectivity index (χ3v) is 14.3. The second-order valence-electron chi connectivity index (χ2n) is 20.8. The Morgan fingerprint density at radius 2 is 0.692 bits per heavy atom. The maximum absolute atomic E-state index is 12.9. The van der Waals surface area contributed by atoms with Gasteiger partial charge in [0, 0.05) is 19.3 Å². The molecule has 0 amide bonds. The number of rotatable bonds is 58. The van der Waals surface area contributed by atoms with E-state index in [2.05, 4.69) is 93.7 Å². The Labute approximate surface area is 477 Å². The first kappa shape index (κ1) is 74.7. The van der Waals surface area contributed by atoms with Gasteiger partial charge in [0.25, 0.3) is 0 Å². The van der Waals surface area contributed by atoms with Crippen molar-refractivity contribution in [1.29, 1.82) is 0 Å². The molecule has 0 aromatic carbocycles. The van der Waals surface area contributed by atoms with Crippen molar-refractivity contribution in [2.24, 2.45) is 0 Å². The molecule has 0 fully saturated rings. The number of hydrogen-bond acceptors (Lipinski definition) is 10. The molecule has 0 aliphatic heterocycles. The standard InChI is InChI=1S/C66H115O11P/c1-4-7-10-13-16-19-22-25-28-30-31-33-36-39-42-45-48-51-54-57-66(70)77-63(59-73-64(68)55-52-49-46-43-40-37-35-32-29-26-23-20-17-14-11-8-5-2)61-75-78(71,72)74-60-62(58-67)76-65(69)56-53-50-47-44-41-38-34-27-24-21-18-15-12-9-6-3/h7,10,16,19,25-26,28-29,31,33,39,42,48,51,62-63,67H,4-6,8-9,11-15,17-18,20-24,27,30,32,34-38,40-41,43-47,49-50,52-61H2,1-3H3,(H,71,72)/b10-7-,19-16-,28-25-,29-26-,33-31-,42-39-,51-48-. The van der Waals surface area contributed by atoms with E-state index in [0.717, 1.165) is 77.0 Å². The van der Waals surface area contributed by atoms with Crippen molar-refractivity contribution < 1.29 is 52.2 Å². The summed E-state index contributed by atoms with van der Waals surface area (Å²) in [6.45, 7) is 4.48. The van der Waals surface area contributed by atoms with Crippen LogP contribution in [0.3, 0.4) is 0 Å². The third-order valence-electron chi connectivity index (χ3n) is 13.3. The van der Waals surface area contributed by atoms with E-state index in [0.29, 0.717) is 25.7 Å². The molecule has 0 aromatic rings. The van der Waals surface area contributed by atoms with Crippen LogP contribution in [0, 0.1) is 0 Å². The highest BCUT2D eigenvalue weighted by molar-refractivity contribution is 7.47. The number of phosphoric acid groups is 1. The fourth-order valence-electron chi connectivity index (χ4n) is 8.55. The van der Waals surface area contributed by atoms with Gasteiger partial charge in [-0.05, 0) is 83.5 Å². The molecule has 0 aliphatic carbocycles. The van der Waals surface area contributed by atoms with E-state index in [-0.39, 0.29) is 25.9 Å². The van der Waals surface area contributed by atoms with E-state index in [1.807, 2.05) is 12.2 Å². The normalized spacial score (nSPS) is 13.9. The summed E-state index contributed by atoms with van der Waals surface area (Å²) in [4.78, 5) is 48.7. The fourth-order valence-corrected chi connectivity index (χ4v) is 9.34. The number of esters is 3. The summed E-state index contributed by atoms with van der Waals surface area (Å²) >= 11 is 0. The average Bonchev–Trinajstić information content (AvgIpc) is 3.43. The molecular formula is C66H115O11P. The van der Waals surface area contributed by atoms with Crippen molar-refractivity contribution >= 4 is 25.7 Å². The average molecular weight is 1120 g/mol. The van der Waals surface area contributed by atoms with Gasteiger partial charge in [-0.3, -0.25) is 23.4 Å². The van der Waals surface area contributed by atoms with Crippen molar-refractivity contribution in [2.45, 2.75) is 290 Å².